The van der Waals surface area contributed by atoms with Gasteiger partial charge in [-0.2, -0.15) is 0 Å². The standard InChI is InChI=1S/C9H15NO3S/c1-3-6(2)10-4-7(9(12)13)14-5-8(10)11/h6-7H,3-5H2,1-2H3,(H,12,13). The molecule has 0 aromatic rings. The second kappa shape index (κ2) is 4.68. The minimum atomic E-state index is -0.823. The van der Waals surface area contributed by atoms with Crippen LogP contribution in [0.1, 0.15) is 20.3 Å². The van der Waals surface area contributed by atoms with E-state index in [1.807, 2.05) is 13.8 Å². The van der Waals surface area contributed by atoms with E-state index in [1.54, 1.807) is 4.90 Å². The van der Waals surface area contributed by atoms with Gasteiger partial charge < -0.3 is 10.0 Å². The monoisotopic (exact) mass is 217 g/mol. The molecule has 2 atom stereocenters. The Morgan fingerprint density at radius 3 is 2.93 bits per heavy atom. The molecule has 4 nitrogen and oxygen atoms in total. The van der Waals surface area contributed by atoms with Crippen molar-refractivity contribution in [2.45, 2.75) is 31.6 Å². The maximum absolute atomic E-state index is 11.5. The van der Waals surface area contributed by atoms with E-state index in [4.69, 9.17) is 5.11 Å². The second-order valence-electron chi connectivity index (χ2n) is 3.44. The summed E-state index contributed by atoms with van der Waals surface area (Å²) in [4.78, 5) is 23.9. The van der Waals surface area contributed by atoms with Crippen molar-refractivity contribution in [2.75, 3.05) is 12.3 Å². The number of aliphatic carboxylic acids is 1. The summed E-state index contributed by atoms with van der Waals surface area (Å²) in [6.45, 7) is 4.29. The highest BCUT2D eigenvalue weighted by Gasteiger charge is 2.32. The van der Waals surface area contributed by atoms with E-state index in [0.29, 0.717) is 12.3 Å². The zero-order chi connectivity index (χ0) is 10.7. The van der Waals surface area contributed by atoms with Crippen LogP contribution < -0.4 is 0 Å². The van der Waals surface area contributed by atoms with Crippen molar-refractivity contribution in [2.24, 2.45) is 0 Å². The summed E-state index contributed by atoms with van der Waals surface area (Å²) < 4.78 is 0. The van der Waals surface area contributed by atoms with Crippen LogP contribution in [0.3, 0.4) is 0 Å². The van der Waals surface area contributed by atoms with E-state index < -0.39 is 11.2 Å². The van der Waals surface area contributed by atoms with Gasteiger partial charge >= 0.3 is 5.97 Å². The summed E-state index contributed by atoms with van der Waals surface area (Å²) in [5.74, 6) is -0.473. The van der Waals surface area contributed by atoms with E-state index in [9.17, 15) is 9.59 Å². The Balaban J connectivity index is 2.64. The van der Waals surface area contributed by atoms with Crippen molar-refractivity contribution in [1.29, 1.82) is 0 Å². The summed E-state index contributed by atoms with van der Waals surface area (Å²) in [7, 11) is 0. The van der Waals surface area contributed by atoms with Crippen LogP contribution in [-0.4, -0.2) is 45.5 Å². The molecule has 0 spiro atoms. The molecule has 14 heavy (non-hydrogen) atoms. The van der Waals surface area contributed by atoms with Gasteiger partial charge in [0.1, 0.15) is 5.25 Å². The molecule has 1 N–H and O–H groups in total. The van der Waals surface area contributed by atoms with Crippen LogP contribution in [0.4, 0.5) is 0 Å². The number of carboxylic acid groups (broad SMARTS) is 1. The van der Waals surface area contributed by atoms with Gasteiger partial charge in [-0.25, -0.2) is 0 Å². The quantitative estimate of drug-likeness (QED) is 0.760. The third kappa shape index (κ3) is 2.41. The van der Waals surface area contributed by atoms with Crippen LogP contribution >= 0.6 is 11.8 Å². The van der Waals surface area contributed by atoms with Gasteiger partial charge in [-0.05, 0) is 13.3 Å². The maximum atomic E-state index is 11.5. The van der Waals surface area contributed by atoms with Crippen molar-refractivity contribution in [3.63, 3.8) is 0 Å². The topological polar surface area (TPSA) is 57.6 Å². The Hall–Kier alpha value is -0.710. The zero-order valence-electron chi connectivity index (χ0n) is 8.40. The number of carboxylic acids is 1. The van der Waals surface area contributed by atoms with Gasteiger partial charge in [-0.3, -0.25) is 9.59 Å². The first-order valence-corrected chi connectivity index (χ1v) is 5.75. The van der Waals surface area contributed by atoms with Gasteiger partial charge in [0, 0.05) is 12.6 Å². The van der Waals surface area contributed by atoms with Crippen LogP contribution in [0.5, 0.6) is 0 Å². The molecular weight excluding hydrogens is 202 g/mol. The molecule has 0 aromatic heterocycles. The van der Waals surface area contributed by atoms with E-state index in [1.165, 1.54) is 11.8 Å². The molecular formula is C9H15NO3S. The number of rotatable bonds is 3. The number of nitrogens with zero attached hydrogens (tertiary/aromatic N) is 1. The van der Waals surface area contributed by atoms with E-state index in [0.717, 1.165) is 6.42 Å². The lowest BCUT2D eigenvalue weighted by Gasteiger charge is -2.34. The van der Waals surface area contributed by atoms with Gasteiger partial charge in [0.15, 0.2) is 0 Å². The average Bonchev–Trinajstić information content (AvgIpc) is 2.17. The molecule has 1 aliphatic rings. The number of hydrogen-bond acceptors (Lipinski definition) is 3. The molecule has 1 amide bonds. The predicted molar refractivity (Wildman–Crippen MR) is 55.3 cm³/mol. The van der Waals surface area contributed by atoms with Crippen LogP contribution in [0.2, 0.25) is 0 Å². The van der Waals surface area contributed by atoms with E-state index in [2.05, 4.69) is 0 Å². The molecule has 0 aliphatic carbocycles. The van der Waals surface area contributed by atoms with E-state index >= 15 is 0 Å². The summed E-state index contributed by atoms with van der Waals surface area (Å²) in [6, 6.07) is 0.144. The minimum absolute atomic E-state index is 0.0573. The predicted octanol–water partition coefficient (Wildman–Crippen LogP) is 0.813. The molecule has 0 radical (unpaired) electrons. The maximum Gasteiger partial charge on any atom is 0.318 e. The number of carbonyl (C=O) groups is 2. The summed E-state index contributed by atoms with van der Waals surface area (Å²) in [5, 5.41) is 8.38. The Morgan fingerprint density at radius 2 is 2.43 bits per heavy atom. The highest BCUT2D eigenvalue weighted by molar-refractivity contribution is 8.01. The van der Waals surface area contributed by atoms with Crippen molar-refractivity contribution < 1.29 is 14.7 Å². The average molecular weight is 217 g/mol. The number of amides is 1. The summed E-state index contributed by atoms with van der Waals surface area (Å²) in [6.07, 6.45) is 0.864. The molecule has 1 rings (SSSR count). The lowest BCUT2D eigenvalue weighted by atomic mass is 10.2. The Morgan fingerprint density at radius 1 is 1.79 bits per heavy atom. The summed E-state index contributed by atoms with van der Waals surface area (Å²) in [5.41, 5.74) is 0. The normalized spacial score (nSPS) is 24.9. The van der Waals surface area contributed by atoms with Crippen molar-refractivity contribution in [1.82, 2.24) is 4.90 Å². The zero-order valence-corrected chi connectivity index (χ0v) is 9.21. The molecule has 1 aliphatic heterocycles. The largest absolute Gasteiger partial charge is 0.480 e. The smallest absolute Gasteiger partial charge is 0.318 e. The molecule has 0 saturated carbocycles. The number of carbonyl (C=O) groups excluding carboxylic acids is 1. The molecule has 2 unspecified atom stereocenters. The van der Waals surface area contributed by atoms with Crippen LogP contribution in [0.15, 0.2) is 0 Å². The van der Waals surface area contributed by atoms with Crippen molar-refractivity contribution in [3.8, 4) is 0 Å². The van der Waals surface area contributed by atoms with Crippen molar-refractivity contribution >= 4 is 23.6 Å². The van der Waals surface area contributed by atoms with Gasteiger partial charge in [0.2, 0.25) is 5.91 Å². The molecule has 1 heterocycles. The SMILES string of the molecule is CCC(C)N1CC(C(=O)O)SCC1=O. The van der Waals surface area contributed by atoms with Gasteiger partial charge in [-0.1, -0.05) is 6.92 Å². The highest BCUT2D eigenvalue weighted by Crippen LogP contribution is 2.22. The van der Waals surface area contributed by atoms with Gasteiger partial charge in [0.25, 0.3) is 0 Å². The minimum Gasteiger partial charge on any atom is -0.480 e. The molecule has 1 fully saturated rings. The molecule has 5 heteroatoms. The fourth-order valence-electron chi connectivity index (χ4n) is 1.38. The van der Waals surface area contributed by atoms with Crippen LogP contribution in [0.25, 0.3) is 0 Å². The second-order valence-corrected chi connectivity index (χ2v) is 4.63. The third-order valence-corrected chi connectivity index (χ3v) is 3.66. The molecule has 0 aromatic carbocycles. The fourth-order valence-corrected chi connectivity index (χ4v) is 2.30. The Labute approximate surface area is 87.7 Å². The Bertz CT molecular complexity index is 244. The number of thioether (sulfide) groups is 1. The van der Waals surface area contributed by atoms with Gasteiger partial charge in [0.05, 0.1) is 5.75 Å². The third-order valence-electron chi connectivity index (χ3n) is 2.49. The Kier molecular flexibility index (Phi) is 3.80. The van der Waals surface area contributed by atoms with Crippen LogP contribution in [-0.2, 0) is 9.59 Å². The highest BCUT2D eigenvalue weighted by atomic mass is 32.2. The van der Waals surface area contributed by atoms with E-state index in [-0.39, 0.29) is 11.9 Å². The lowest BCUT2D eigenvalue weighted by Crippen LogP contribution is -2.49. The van der Waals surface area contributed by atoms with Crippen molar-refractivity contribution in [3.05, 3.63) is 0 Å². The molecule has 1 saturated heterocycles. The van der Waals surface area contributed by atoms with Gasteiger partial charge in [-0.15, -0.1) is 11.8 Å². The lowest BCUT2D eigenvalue weighted by molar-refractivity contribution is -0.138. The first kappa shape index (κ1) is 11.4. The summed E-state index contributed by atoms with van der Waals surface area (Å²) >= 11 is 1.22. The first-order valence-electron chi connectivity index (χ1n) is 4.70. The molecule has 80 valence electrons. The number of hydrogen-bond donors (Lipinski definition) is 1. The first-order chi connectivity index (χ1) is 6.56. The fraction of sp³-hybridized carbons (Fsp3) is 0.778. The van der Waals surface area contributed by atoms with Crippen LogP contribution in [0, 0.1) is 0 Å². The molecule has 0 bridgehead atoms.